The number of H-pyrrole nitrogens is 1. The minimum atomic E-state index is -1.00. The fourth-order valence-corrected chi connectivity index (χ4v) is 2.50. The normalized spacial score (nSPS) is 18.9. The van der Waals surface area contributed by atoms with Gasteiger partial charge in [-0.15, -0.1) is 0 Å². The Balaban J connectivity index is 0.00000100. The van der Waals surface area contributed by atoms with Gasteiger partial charge in [-0.1, -0.05) is 25.4 Å². The Morgan fingerprint density at radius 3 is 2.75 bits per heavy atom. The Kier molecular flexibility index (Phi) is 6.06. The summed E-state index contributed by atoms with van der Waals surface area (Å²) < 4.78 is 32.5. The van der Waals surface area contributed by atoms with Crippen LogP contribution in [0.15, 0.2) is 11.0 Å². The molecule has 0 radical (unpaired) electrons. The third-order valence-corrected chi connectivity index (χ3v) is 3.81. The Morgan fingerprint density at radius 2 is 2.17 bits per heavy atom. The number of rotatable bonds is 5. The maximum Gasteiger partial charge on any atom is 0.347 e. The number of methoxy groups -OCH3 is 1. The third kappa shape index (κ3) is 3.64. The van der Waals surface area contributed by atoms with E-state index < -0.39 is 23.7 Å². The molecule has 2 heterocycles. The second-order valence-corrected chi connectivity index (χ2v) is 5.38. The minimum absolute atomic E-state index is 0.0894. The fourth-order valence-electron chi connectivity index (χ4n) is 2.36. The smallest absolute Gasteiger partial charge is 0.347 e. The maximum atomic E-state index is 14.1. The molecule has 0 unspecified atom stereocenters. The number of fused-ring (bicyclic) bond motifs is 1. The third-order valence-electron chi connectivity index (χ3n) is 3.55. The van der Waals surface area contributed by atoms with Crippen molar-refractivity contribution in [2.24, 2.45) is 0 Å². The zero-order chi connectivity index (χ0) is 17.9. The highest BCUT2D eigenvalue weighted by Gasteiger charge is 2.43. The average Bonchev–Trinajstić information content (AvgIpc) is 3.30. The van der Waals surface area contributed by atoms with Crippen molar-refractivity contribution in [2.45, 2.75) is 32.5 Å². The van der Waals surface area contributed by atoms with Gasteiger partial charge in [-0.25, -0.2) is 18.6 Å². The van der Waals surface area contributed by atoms with E-state index in [0.717, 1.165) is 0 Å². The molecule has 1 aliphatic carbocycles. The average molecular weight is 361 g/mol. The van der Waals surface area contributed by atoms with Gasteiger partial charge in [0.25, 0.3) is 0 Å². The topological polar surface area (TPSA) is 71.1 Å². The molecule has 9 heteroatoms. The number of nitrogens with one attached hydrogen (secondary N) is 1. The molecule has 132 valence electrons. The molecule has 2 atom stereocenters. The van der Waals surface area contributed by atoms with Crippen LogP contribution in [0.2, 0.25) is 5.15 Å². The molecule has 2 aromatic rings. The lowest BCUT2D eigenvalue weighted by Gasteiger charge is -2.24. The molecule has 3 rings (SSSR count). The van der Waals surface area contributed by atoms with Crippen molar-refractivity contribution in [1.82, 2.24) is 15.0 Å². The predicted octanol–water partition coefficient (Wildman–Crippen LogP) is 2.70. The van der Waals surface area contributed by atoms with Crippen LogP contribution in [-0.4, -0.2) is 47.4 Å². The Hall–Kier alpha value is -1.80. The van der Waals surface area contributed by atoms with Gasteiger partial charge in [-0.2, -0.15) is 4.98 Å². The number of halogens is 3. The molecule has 0 saturated heterocycles. The van der Waals surface area contributed by atoms with Crippen LogP contribution >= 0.6 is 11.6 Å². The van der Waals surface area contributed by atoms with Crippen LogP contribution < -0.4 is 10.6 Å². The second kappa shape index (κ2) is 7.85. The molecule has 6 nitrogen and oxygen atoms in total. The summed E-state index contributed by atoms with van der Waals surface area (Å²) in [7, 11) is 1.52. The summed E-state index contributed by atoms with van der Waals surface area (Å²) in [4.78, 5) is 23.2. The molecule has 0 aromatic carbocycles. The van der Waals surface area contributed by atoms with Gasteiger partial charge in [-0.05, 0) is 0 Å². The van der Waals surface area contributed by atoms with Gasteiger partial charge in [0.05, 0.1) is 23.6 Å². The summed E-state index contributed by atoms with van der Waals surface area (Å²) >= 11 is 5.63. The minimum Gasteiger partial charge on any atom is -0.383 e. The van der Waals surface area contributed by atoms with Gasteiger partial charge >= 0.3 is 5.69 Å². The van der Waals surface area contributed by atoms with E-state index in [0.29, 0.717) is 19.6 Å². The van der Waals surface area contributed by atoms with Crippen molar-refractivity contribution >= 4 is 28.3 Å². The highest BCUT2D eigenvalue weighted by atomic mass is 35.5. The predicted molar refractivity (Wildman–Crippen MR) is 89.0 cm³/mol. The van der Waals surface area contributed by atoms with E-state index in [-0.39, 0.29) is 21.9 Å². The van der Waals surface area contributed by atoms with Crippen LogP contribution in [0.1, 0.15) is 20.3 Å². The molecule has 0 bridgehead atoms. The van der Waals surface area contributed by atoms with Crippen molar-refractivity contribution in [1.29, 1.82) is 0 Å². The van der Waals surface area contributed by atoms with Crippen molar-refractivity contribution in [3.8, 4) is 0 Å². The van der Waals surface area contributed by atoms with Gasteiger partial charge in [0.1, 0.15) is 12.0 Å². The lowest BCUT2D eigenvalue weighted by atomic mass is 10.2. The number of alkyl halides is 1. The molecular weight excluding hydrogens is 342 g/mol. The van der Waals surface area contributed by atoms with E-state index in [1.54, 1.807) is 4.90 Å². The first-order valence-corrected chi connectivity index (χ1v) is 8.04. The number of pyridine rings is 1. The summed E-state index contributed by atoms with van der Waals surface area (Å²) in [5, 5.41) is -0.0739. The molecule has 0 amide bonds. The number of nitrogens with zero attached hydrogens (tertiary/aromatic N) is 3. The monoisotopic (exact) mass is 360 g/mol. The van der Waals surface area contributed by atoms with Crippen LogP contribution in [0, 0.1) is 5.82 Å². The summed E-state index contributed by atoms with van der Waals surface area (Å²) in [5.41, 5.74) is -0.824. The second-order valence-electron chi connectivity index (χ2n) is 5.02. The number of aromatic nitrogens is 3. The van der Waals surface area contributed by atoms with E-state index >= 15 is 0 Å². The fraction of sp³-hybridized carbons (Fsp3) is 0.533. The molecule has 1 aliphatic rings. The Bertz CT molecular complexity index is 771. The van der Waals surface area contributed by atoms with Gasteiger partial charge in [0, 0.05) is 26.3 Å². The van der Waals surface area contributed by atoms with Crippen molar-refractivity contribution in [2.75, 3.05) is 25.2 Å². The van der Waals surface area contributed by atoms with Gasteiger partial charge < -0.3 is 14.6 Å². The lowest BCUT2D eigenvalue weighted by Crippen LogP contribution is -2.33. The molecule has 0 spiro atoms. The zero-order valence-corrected chi connectivity index (χ0v) is 14.4. The van der Waals surface area contributed by atoms with E-state index in [1.807, 2.05) is 13.8 Å². The number of ether oxygens (including phenoxy) is 1. The zero-order valence-electron chi connectivity index (χ0n) is 13.6. The van der Waals surface area contributed by atoms with Crippen LogP contribution in [0.3, 0.4) is 0 Å². The largest absolute Gasteiger partial charge is 0.383 e. The summed E-state index contributed by atoms with van der Waals surface area (Å²) in [5.74, 6) is -0.650. The number of aromatic amines is 1. The first-order chi connectivity index (χ1) is 11.5. The molecule has 24 heavy (non-hydrogen) atoms. The van der Waals surface area contributed by atoms with Gasteiger partial charge in [-0.3, -0.25) is 0 Å². The Morgan fingerprint density at radius 1 is 1.50 bits per heavy atom. The van der Waals surface area contributed by atoms with Crippen LogP contribution in [-0.2, 0) is 4.74 Å². The molecule has 1 saturated carbocycles. The summed E-state index contributed by atoms with van der Waals surface area (Å²) in [6.07, 6.45) is 0.649. The SMILES string of the molecule is CC.COCCN(c1nc(=O)[nH]c2c(F)c(Cl)ncc12)[C@@H]1C[C@@H]1F. The van der Waals surface area contributed by atoms with Crippen LogP contribution in [0.5, 0.6) is 0 Å². The quantitative estimate of drug-likeness (QED) is 0.830. The van der Waals surface area contributed by atoms with Crippen LogP contribution in [0.4, 0.5) is 14.6 Å². The molecule has 1 fully saturated rings. The van der Waals surface area contributed by atoms with E-state index in [9.17, 15) is 13.6 Å². The molecule has 0 aliphatic heterocycles. The van der Waals surface area contributed by atoms with Crippen molar-refractivity contribution in [3.63, 3.8) is 0 Å². The van der Waals surface area contributed by atoms with Crippen molar-refractivity contribution in [3.05, 3.63) is 27.7 Å². The first kappa shape index (κ1) is 18.5. The summed E-state index contributed by atoms with van der Waals surface area (Å²) in [6.45, 7) is 4.65. The summed E-state index contributed by atoms with van der Waals surface area (Å²) in [6, 6.07) is -0.397. The first-order valence-electron chi connectivity index (χ1n) is 7.66. The van der Waals surface area contributed by atoms with E-state index in [4.69, 9.17) is 16.3 Å². The molecule has 2 aromatic heterocycles. The van der Waals surface area contributed by atoms with Crippen molar-refractivity contribution < 1.29 is 13.5 Å². The Labute approximate surface area is 142 Å². The molecule has 1 N–H and O–H groups in total. The standard InChI is InChI=1S/C13H13ClF2N4O2.C2H6/c1-22-3-2-20(8-4-7(8)15)12-6-5-17-11(14)9(16)10(6)18-13(21)19-12;1-2/h5,7-8H,2-4H2,1H3,(H,18,19,21);1-2H3/t7-,8+;/m0./s1. The maximum absolute atomic E-state index is 14.1. The number of anilines is 1. The highest BCUT2D eigenvalue weighted by molar-refractivity contribution is 6.30. The van der Waals surface area contributed by atoms with Gasteiger partial charge in [0.2, 0.25) is 0 Å². The van der Waals surface area contributed by atoms with E-state index in [2.05, 4.69) is 15.0 Å². The molecular formula is C15H19ClF2N4O2. The van der Waals surface area contributed by atoms with Gasteiger partial charge in [0.15, 0.2) is 11.0 Å². The highest BCUT2D eigenvalue weighted by Crippen LogP contribution is 2.36. The van der Waals surface area contributed by atoms with E-state index in [1.165, 1.54) is 13.3 Å². The lowest BCUT2D eigenvalue weighted by molar-refractivity contribution is 0.204. The number of hydrogen-bond donors (Lipinski definition) is 1. The number of hydrogen-bond acceptors (Lipinski definition) is 5. The van der Waals surface area contributed by atoms with Crippen LogP contribution in [0.25, 0.3) is 10.9 Å².